The molecule has 0 atom stereocenters. The summed E-state index contributed by atoms with van der Waals surface area (Å²) in [6.07, 6.45) is 2.37. The number of benzene rings is 2. The van der Waals surface area contributed by atoms with Crippen LogP contribution in [0.5, 0.6) is 0 Å². The van der Waals surface area contributed by atoms with Crippen molar-refractivity contribution in [2.24, 2.45) is 0 Å². The second-order valence-corrected chi connectivity index (χ2v) is 5.23. The molecule has 0 aliphatic rings. The van der Waals surface area contributed by atoms with Crippen molar-refractivity contribution >= 4 is 5.69 Å². The van der Waals surface area contributed by atoms with E-state index in [1.807, 2.05) is 0 Å². The third-order valence-electron chi connectivity index (χ3n) is 3.47. The minimum Gasteiger partial charge on any atom is -0.381 e. The van der Waals surface area contributed by atoms with E-state index in [2.05, 4.69) is 68.6 Å². The van der Waals surface area contributed by atoms with Gasteiger partial charge in [-0.25, -0.2) is 0 Å². The summed E-state index contributed by atoms with van der Waals surface area (Å²) < 4.78 is 0. The second kappa shape index (κ2) is 6.42. The van der Waals surface area contributed by atoms with Crippen molar-refractivity contribution in [1.29, 1.82) is 0 Å². The standard InChI is InChI=1S/C18H23N/c1-4-5-16-7-10-18(11-8-16)19-13-17-9-6-14(2)12-15(17)3/h6-12,19H,4-5,13H2,1-3H3. The maximum Gasteiger partial charge on any atom is 0.0403 e. The molecule has 0 bridgehead atoms. The SMILES string of the molecule is CCCc1ccc(NCc2ccc(C)cc2C)cc1. The van der Waals surface area contributed by atoms with Crippen LogP contribution in [0.15, 0.2) is 42.5 Å². The average Bonchev–Trinajstić information content (AvgIpc) is 2.40. The summed E-state index contributed by atoms with van der Waals surface area (Å²) in [5, 5.41) is 3.49. The van der Waals surface area contributed by atoms with Crippen molar-refractivity contribution in [3.8, 4) is 0 Å². The predicted octanol–water partition coefficient (Wildman–Crippen LogP) is 4.87. The molecular weight excluding hydrogens is 230 g/mol. The summed E-state index contributed by atoms with van der Waals surface area (Å²) in [6.45, 7) is 7.41. The third-order valence-corrected chi connectivity index (χ3v) is 3.47. The summed E-state index contributed by atoms with van der Waals surface area (Å²) in [7, 11) is 0. The molecule has 0 radical (unpaired) electrons. The fourth-order valence-corrected chi connectivity index (χ4v) is 2.32. The van der Waals surface area contributed by atoms with Crippen molar-refractivity contribution in [1.82, 2.24) is 0 Å². The number of nitrogens with one attached hydrogen (secondary N) is 1. The number of aryl methyl sites for hydroxylation is 3. The number of anilines is 1. The molecule has 2 aromatic carbocycles. The molecule has 2 aromatic rings. The van der Waals surface area contributed by atoms with Gasteiger partial charge in [0.15, 0.2) is 0 Å². The lowest BCUT2D eigenvalue weighted by Crippen LogP contribution is -2.01. The summed E-state index contributed by atoms with van der Waals surface area (Å²) in [5.74, 6) is 0. The Morgan fingerprint density at radius 2 is 1.68 bits per heavy atom. The van der Waals surface area contributed by atoms with E-state index >= 15 is 0 Å². The molecule has 0 amide bonds. The van der Waals surface area contributed by atoms with Gasteiger partial charge in [0.1, 0.15) is 0 Å². The highest BCUT2D eigenvalue weighted by atomic mass is 14.9. The highest BCUT2D eigenvalue weighted by molar-refractivity contribution is 5.46. The Morgan fingerprint density at radius 3 is 2.32 bits per heavy atom. The van der Waals surface area contributed by atoms with Crippen LogP contribution in [0.2, 0.25) is 0 Å². The van der Waals surface area contributed by atoms with Gasteiger partial charge in [0.05, 0.1) is 0 Å². The molecule has 0 saturated carbocycles. The predicted molar refractivity (Wildman–Crippen MR) is 83.7 cm³/mol. The minimum atomic E-state index is 0.888. The van der Waals surface area contributed by atoms with Gasteiger partial charge in [-0.05, 0) is 49.1 Å². The Morgan fingerprint density at radius 1 is 0.947 bits per heavy atom. The summed E-state index contributed by atoms with van der Waals surface area (Å²) >= 11 is 0. The topological polar surface area (TPSA) is 12.0 Å². The van der Waals surface area contributed by atoms with E-state index in [-0.39, 0.29) is 0 Å². The summed E-state index contributed by atoms with van der Waals surface area (Å²) in [5.41, 5.74) is 6.66. The normalized spacial score (nSPS) is 10.5. The van der Waals surface area contributed by atoms with Gasteiger partial charge in [-0.3, -0.25) is 0 Å². The molecule has 0 aromatic heterocycles. The van der Waals surface area contributed by atoms with Crippen LogP contribution in [-0.4, -0.2) is 0 Å². The number of hydrogen-bond donors (Lipinski definition) is 1. The quantitative estimate of drug-likeness (QED) is 0.801. The lowest BCUT2D eigenvalue weighted by atomic mass is 10.1. The van der Waals surface area contributed by atoms with Crippen molar-refractivity contribution in [2.75, 3.05) is 5.32 Å². The summed E-state index contributed by atoms with van der Waals surface area (Å²) in [4.78, 5) is 0. The van der Waals surface area contributed by atoms with Crippen LogP contribution in [0.1, 0.15) is 35.6 Å². The molecule has 0 aliphatic carbocycles. The largest absolute Gasteiger partial charge is 0.381 e. The van der Waals surface area contributed by atoms with Gasteiger partial charge in [0, 0.05) is 12.2 Å². The summed E-state index contributed by atoms with van der Waals surface area (Å²) in [6, 6.07) is 15.4. The van der Waals surface area contributed by atoms with Crippen molar-refractivity contribution < 1.29 is 0 Å². The van der Waals surface area contributed by atoms with Gasteiger partial charge in [0.2, 0.25) is 0 Å². The minimum absolute atomic E-state index is 0.888. The van der Waals surface area contributed by atoms with E-state index < -0.39 is 0 Å². The van der Waals surface area contributed by atoms with Crippen molar-refractivity contribution in [2.45, 2.75) is 40.2 Å². The maximum atomic E-state index is 3.49. The Kier molecular flexibility index (Phi) is 4.62. The Balaban J connectivity index is 1.98. The van der Waals surface area contributed by atoms with E-state index in [0.29, 0.717) is 0 Å². The van der Waals surface area contributed by atoms with Crippen molar-refractivity contribution in [3.05, 3.63) is 64.7 Å². The Bertz CT molecular complexity index is 526. The molecule has 1 N–H and O–H groups in total. The van der Waals surface area contributed by atoms with E-state index in [0.717, 1.165) is 13.0 Å². The van der Waals surface area contributed by atoms with Crippen LogP contribution in [0.25, 0.3) is 0 Å². The molecule has 19 heavy (non-hydrogen) atoms. The van der Waals surface area contributed by atoms with E-state index in [4.69, 9.17) is 0 Å². The van der Waals surface area contributed by atoms with Crippen LogP contribution >= 0.6 is 0 Å². The first-order chi connectivity index (χ1) is 9.19. The zero-order chi connectivity index (χ0) is 13.7. The zero-order valence-corrected chi connectivity index (χ0v) is 12.2. The molecule has 0 heterocycles. The number of hydrogen-bond acceptors (Lipinski definition) is 1. The van der Waals surface area contributed by atoms with E-state index in [9.17, 15) is 0 Å². The molecule has 100 valence electrons. The third kappa shape index (κ3) is 3.85. The molecule has 0 aliphatic heterocycles. The highest BCUT2D eigenvalue weighted by Gasteiger charge is 1.99. The first-order valence-corrected chi connectivity index (χ1v) is 7.08. The zero-order valence-electron chi connectivity index (χ0n) is 12.2. The lowest BCUT2D eigenvalue weighted by molar-refractivity contribution is 0.922. The molecule has 0 fully saturated rings. The monoisotopic (exact) mass is 253 g/mol. The van der Waals surface area contributed by atoms with Crippen LogP contribution in [-0.2, 0) is 13.0 Å². The highest BCUT2D eigenvalue weighted by Crippen LogP contribution is 2.15. The van der Waals surface area contributed by atoms with Gasteiger partial charge in [-0.1, -0.05) is 49.2 Å². The Labute approximate surface area is 116 Å². The lowest BCUT2D eigenvalue weighted by Gasteiger charge is -2.10. The van der Waals surface area contributed by atoms with Crippen LogP contribution in [0.4, 0.5) is 5.69 Å². The van der Waals surface area contributed by atoms with Crippen LogP contribution < -0.4 is 5.32 Å². The average molecular weight is 253 g/mol. The van der Waals surface area contributed by atoms with Gasteiger partial charge in [0.25, 0.3) is 0 Å². The first kappa shape index (κ1) is 13.7. The molecule has 1 heteroatoms. The fourth-order valence-electron chi connectivity index (χ4n) is 2.32. The van der Waals surface area contributed by atoms with E-state index in [1.165, 1.54) is 34.4 Å². The van der Waals surface area contributed by atoms with Crippen molar-refractivity contribution in [3.63, 3.8) is 0 Å². The van der Waals surface area contributed by atoms with Gasteiger partial charge in [-0.2, -0.15) is 0 Å². The van der Waals surface area contributed by atoms with Gasteiger partial charge < -0.3 is 5.32 Å². The molecule has 2 rings (SSSR count). The van der Waals surface area contributed by atoms with E-state index in [1.54, 1.807) is 0 Å². The second-order valence-electron chi connectivity index (χ2n) is 5.23. The first-order valence-electron chi connectivity index (χ1n) is 7.08. The smallest absolute Gasteiger partial charge is 0.0403 e. The van der Waals surface area contributed by atoms with Crippen LogP contribution in [0, 0.1) is 13.8 Å². The van der Waals surface area contributed by atoms with Crippen LogP contribution in [0.3, 0.4) is 0 Å². The molecule has 0 unspecified atom stereocenters. The fraction of sp³-hybridized carbons (Fsp3) is 0.333. The maximum absolute atomic E-state index is 3.49. The number of rotatable bonds is 5. The molecule has 1 nitrogen and oxygen atoms in total. The molecule has 0 saturated heterocycles. The van der Waals surface area contributed by atoms with Gasteiger partial charge in [-0.15, -0.1) is 0 Å². The molecular formula is C18H23N. The molecule has 0 spiro atoms. The Hall–Kier alpha value is -1.76. The van der Waals surface area contributed by atoms with Gasteiger partial charge >= 0.3 is 0 Å².